The van der Waals surface area contributed by atoms with Gasteiger partial charge >= 0.3 is 0 Å². The number of hydrogen-bond donors (Lipinski definition) is 0. The van der Waals surface area contributed by atoms with Crippen molar-refractivity contribution in [3.05, 3.63) is 81.6 Å². The van der Waals surface area contributed by atoms with Crippen molar-refractivity contribution in [3.63, 3.8) is 0 Å². The topological polar surface area (TPSA) is 81.5 Å². The molecule has 1 heterocycles. The number of sulfone groups is 1. The zero-order valence-corrected chi connectivity index (χ0v) is 21.0. The lowest BCUT2D eigenvalue weighted by Crippen LogP contribution is -2.34. The van der Waals surface area contributed by atoms with Crippen LogP contribution in [0, 0.1) is 0 Å². The second-order valence-electron chi connectivity index (χ2n) is 8.22. The molecule has 1 aliphatic carbocycles. The van der Waals surface area contributed by atoms with Crippen LogP contribution in [0.2, 0.25) is 10.0 Å². The predicted octanol–water partition coefficient (Wildman–Crippen LogP) is 4.79. The first kappa shape index (κ1) is 24.7. The van der Waals surface area contributed by atoms with Crippen LogP contribution in [-0.4, -0.2) is 49.0 Å². The van der Waals surface area contributed by atoms with E-state index in [0.717, 1.165) is 12.8 Å². The maximum Gasteiger partial charge on any atom is 0.255 e. The van der Waals surface area contributed by atoms with E-state index in [0.29, 0.717) is 35.0 Å². The van der Waals surface area contributed by atoms with Crippen molar-refractivity contribution >= 4 is 38.9 Å². The van der Waals surface area contributed by atoms with Crippen LogP contribution >= 0.6 is 23.2 Å². The van der Waals surface area contributed by atoms with Gasteiger partial charge in [-0.25, -0.2) is 13.4 Å². The van der Waals surface area contributed by atoms with Gasteiger partial charge in [-0.1, -0.05) is 53.5 Å². The van der Waals surface area contributed by atoms with Crippen molar-refractivity contribution < 1.29 is 17.9 Å². The average Bonchev–Trinajstić information content (AvgIpc) is 3.55. The molecule has 34 heavy (non-hydrogen) atoms. The highest BCUT2D eigenvalue weighted by atomic mass is 35.5. The van der Waals surface area contributed by atoms with Crippen molar-refractivity contribution in [2.75, 3.05) is 20.3 Å². The van der Waals surface area contributed by atoms with Gasteiger partial charge in [0.05, 0.1) is 41.4 Å². The molecule has 1 amide bonds. The standard InChI is InChI=1S/C24H25Cl2N3O4S/c1-33-12-11-28(23(30)21-10-7-18(25)13-22(21)26)15-20-14-27-24(29(20)19-8-9-19)34(31,32)16-17-5-3-2-4-6-17/h2-7,10,13-14,19H,8-9,11-12,15-16H2,1H3. The lowest BCUT2D eigenvalue weighted by atomic mass is 10.2. The van der Waals surface area contributed by atoms with Crippen LogP contribution < -0.4 is 0 Å². The van der Waals surface area contributed by atoms with Crippen molar-refractivity contribution in [1.29, 1.82) is 0 Å². The molecule has 0 spiro atoms. The minimum absolute atomic E-state index is 0.0394. The van der Waals surface area contributed by atoms with E-state index in [1.165, 1.54) is 6.07 Å². The molecule has 0 saturated heterocycles. The van der Waals surface area contributed by atoms with E-state index in [4.69, 9.17) is 27.9 Å². The Morgan fingerprint density at radius 2 is 1.91 bits per heavy atom. The molecule has 2 aromatic carbocycles. The number of halogens is 2. The second-order valence-corrected chi connectivity index (χ2v) is 10.9. The summed E-state index contributed by atoms with van der Waals surface area (Å²) < 4.78 is 33.5. The Bertz CT molecular complexity index is 1270. The van der Waals surface area contributed by atoms with E-state index in [9.17, 15) is 13.2 Å². The SMILES string of the molecule is COCCN(Cc1cnc(S(=O)(=O)Cc2ccccc2)n1C1CC1)C(=O)c1ccc(Cl)cc1Cl. The minimum atomic E-state index is -3.68. The van der Waals surface area contributed by atoms with E-state index in [-0.39, 0.29) is 34.4 Å². The average molecular weight is 522 g/mol. The molecule has 1 saturated carbocycles. The predicted molar refractivity (Wildman–Crippen MR) is 131 cm³/mol. The largest absolute Gasteiger partial charge is 0.383 e. The maximum absolute atomic E-state index is 13.3. The third kappa shape index (κ3) is 5.63. The molecular formula is C24H25Cl2N3O4S. The van der Waals surface area contributed by atoms with Crippen molar-refractivity contribution in [2.24, 2.45) is 0 Å². The quantitative estimate of drug-likeness (QED) is 0.383. The number of hydrogen-bond acceptors (Lipinski definition) is 5. The molecule has 3 aromatic rings. The summed E-state index contributed by atoms with van der Waals surface area (Å²) >= 11 is 12.3. The highest BCUT2D eigenvalue weighted by Crippen LogP contribution is 2.39. The number of methoxy groups -OCH3 is 1. The number of ether oxygens (including phenoxy) is 1. The van der Waals surface area contributed by atoms with Gasteiger partial charge in [-0.15, -0.1) is 0 Å². The first-order chi connectivity index (χ1) is 16.3. The summed E-state index contributed by atoms with van der Waals surface area (Å²) in [6.07, 6.45) is 3.28. The molecule has 1 aliphatic rings. The van der Waals surface area contributed by atoms with Gasteiger partial charge in [0.1, 0.15) is 0 Å². The Kier molecular flexibility index (Phi) is 7.62. The van der Waals surface area contributed by atoms with Crippen molar-refractivity contribution in [3.8, 4) is 0 Å². The van der Waals surface area contributed by atoms with Crippen LogP contribution in [-0.2, 0) is 26.9 Å². The van der Waals surface area contributed by atoms with E-state index >= 15 is 0 Å². The van der Waals surface area contributed by atoms with Crippen LogP contribution in [0.15, 0.2) is 59.9 Å². The fourth-order valence-electron chi connectivity index (χ4n) is 3.79. The first-order valence-corrected chi connectivity index (χ1v) is 13.3. The van der Waals surface area contributed by atoms with Gasteiger partial charge in [0.25, 0.3) is 5.91 Å². The molecule has 0 unspecified atom stereocenters. The van der Waals surface area contributed by atoms with Crippen LogP contribution in [0.4, 0.5) is 0 Å². The molecule has 1 aromatic heterocycles. The fourth-order valence-corrected chi connectivity index (χ4v) is 5.82. The molecule has 10 heteroatoms. The molecule has 0 aliphatic heterocycles. The zero-order valence-electron chi connectivity index (χ0n) is 18.7. The van der Waals surface area contributed by atoms with Gasteiger partial charge in [-0.3, -0.25) is 4.79 Å². The Hall–Kier alpha value is -2.39. The Balaban J connectivity index is 1.65. The number of carbonyl (C=O) groups excluding carboxylic acids is 1. The van der Waals surface area contributed by atoms with Gasteiger partial charge in [0.2, 0.25) is 15.0 Å². The summed E-state index contributed by atoms with van der Waals surface area (Å²) in [4.78, 5) is 19.2. The van der Waals surface area contributed by atoms with E-state index in [2.05, 4.69) is 4.98 Å². The van der Waals surface area contributed by atoms with Crippen LogP contribution in [0.5, 0.6) is 0 Å². The normalized spacial score (nSPS) is 13.7. The molecule has 7 nitrogen and oxygen atoms in total. The van der Waals surface area contributed by atoms with Gasteiger partial charge in [-0.05, 0) is 36.6 Å². The highest BCUT2D eigenvalue weighted by Gasteiger charge is 2.34. The third-order valence-corrected chi connectivity index (χ3v) is 7.72. The van der Waals surface area contributed by atoms with Crippen LogP contribution in [0.3, 0.4) is 0 Å². The molecule has 180 valence electrons. The summed E-state index contributed by atoms with van der Waals surface area (Å²) in [6.45, 7) is 0.787. The summed E-state index contributed by atoms with van der Waals surface area (Å²) in [5, 5.41) is 0.726. The summed E-state index contributed by atoms with van der Waals surface area (Å²) in [5.41, 5.74) is 1.67. The lowest BCUT2D eigenvalue weighted by molar-refractivity contribution is 0.0675. The van der Waals surface area contributed by atoms with Gasteiger partial charge in [0, 0.05) is 24.7 Å². The van der Waals surface area contributed by atoms with Gasteiger partial charge in [0.15, 0.2) is 0 Å². The molecule has 0 N–H and O–H groups in total. The monoisotopic (exact) mass is 521 g/mol. The number of benzene rings is 2. The molecule has 0 radical (unpaired) electrons. The number of carbonyl (C=O) groups is 1. The minimum Gasteiger partial charge on any atom is -0.383 e. The highest BCUT2D eigenvalue weighted by molar-refractivity contribution is 7.90. The van der Waals surface area contributed by atoms with Crippen molar-refractivity contribution in [2.45, 2.75) is 36.3 Å². The number of nitrogens with zero attached hydrogens (tertiary/aromatic N) is 3. The molecule has 0 atom stereocenters. The molecular weight excluding hydrogens is 497 g/mol. The van der Waals surface area contributed by atoms with E-state index < -0.39 is 9.84 Å². The maximum atomic E-state index is 13.3. The smallest absolute Gasteiger partial charge is 0.255 e. The van der Waals surface area contributed by atoms with Gasteiger partial charge < -0.3 is 14.2 Å². The Morgan fingerprint density at radius 3 is 2.56 bits per heavy atom. The number of aromatic nitrogens is 2. The molecule has 4 rings (SSSR count). The van der Waals surface area contributed by atoms with Crippen molar-refractivity contribution in [1.82, 2.24) is 14.5 Å². The number of imidazole rings is 1. The van der Waals surface area contributed by atoms with Crippen LogP contribution in [0.25, 0.3) is 0 Å². The van der Waals surface area contributed by atoms with E-state index in [1.807, 2.05) is 18.2 Å². The fraction of sp³-hybridized carbons (Fsp3) is 0.333. The summed E-state index contributed by atoms with van der Waals surface area (Å²) in [5.74, 6) is -0.431. The van der Waals surface area contributed by atoms with E-state index in [1.54, 1.807) is 47.0 Å². The number of amides is 1. The zero-order chi connectivity index (χ0) is 24.3. The lowest BCUT2D eigenvalue weighted by Gasteiger charge is -2.24. The summed E-state index contributed by atoms with van der Waals surface area (Å²) in [6, 6.07) is 13.8. The third-order valence-electron chi connectivity index (χ3n) is 5.60. The van der Waals surface area contributed by atoms with Gasteiger partial charge in [-0.2, -0.15) is 0 Å². The first-order valence-electron chi connectivity index (χ1n) is 10.9. The number of rotatable bonds is 10. The molecule has 1 fully saturated rings. The molecule has 0 bridgehead atoms. The Labute approximate surface area is 209 Å². The second kappa shape index (κ2) is 10.5. The summed E-state index contributed by atoms with van der Waals surface area (Å²) in [7, 11) is -2.12. The Morgan fingerprint density at radius 1 is 1.18 bits per heavy atom. The van der Waals surface area contributed by atoms with Crippen LogP contribution in [0.1, 0.15) is 40.5 Å².